The van der Waals surface area contributed by atoms with E-state index in [4.69, 9.17) is 0 Å². The summed E-state index contributed by atoms with van der Waals surface area (Å²) in [7, 11) is 2.25. The van der Waals surface area contributed by atoms with Gasteiger partial charge in [-0.1, -0.05) is 0 Å². The van der Waals surface area contributed by atoms with Crippen LogP contribution in [0.4, 0.5) is 0 Å². The van der Waals surface area contributed by atoms with E-state index in [-0.39, 0.29) is 0 Å². The van der Waals surface area contributed by atoms with Crippen LogP contribution in [-0.4, -0.2) is 14.2 Å². The van der Waals surface area contributed by atoms with Crippen molar-refractivity contribution in [3.63, 3.8) is 0 Å². The molecule has 2 heteroatoms. The molecule has 1 radical (unpaired) electrons. The molecule has 0 aromatic carbocycles. The Bertz CT molecular complexity index is 312. The number of hydrogen-bond donors (Lipinski definition) is 0. The first-order chi connectivity index (χ1) is 5.97. The number of rotatable bonds is 1. The molecule has 0 nitrogen and oxygen atoms in total. The Morgan fingerprint density at radius 2 is 2.33 bits per heavy atom. The second-order valence-electron chi connectivity index (χ2n) is 2.86. The molecule has 1 aliphatic rings. The fourth-order valence-corrected chi connectivity index (χ4v) is 1.36. The zero-order valence-corrected chi connectivity index (χ0v) is 6.90. The summed E-state index contributed by atoms with van der Waals surface area (Å²) in [6, 6.07) is 4.21. The van der Waals surface area contributed by atoms with Gasteiger partial charge in [-0.15, -0.1) is 0 Å². The van der Waals surface area contributed by atoms with Crippen LogP contribution in [0.2, 0.25) is 6.32 Å². The first-order valence-corrected chi connectivity index (χ1v) is 4.22. The molecule has 0 unspecified atom stereocenters. The molecule has 1 aromatic heterocycles. The zero-order chi connectivity index (χ0) is 8.23. The van der Waals surface area contributed by atoms with Crippen molar-refractivity contribution in [2.24, 2.45) is 0 Å². The van der Waals surface area contributed by atoms with Crippen molar-refractivity contribution in [3.8, 4) is 0 Å². The molecular formula is C10H9B2. The third-order valence-electron chi connectivity index (χ3n) is 1.99. The van der Waals surface area contributed by atoms with Crippen LogP contribution >= 0.6 is 0 Å². The Morgan fingerprint density at radius 1 is 1.33 bits per heavy atom. The van der Waals surface area contributed by atoms with Crippen LogP contribution in [0.15, 0.2) is 42.3 Å². The van der Waals surface area contributed by atoms with E-state index in [0.29, 0.717) is 0 Å². The fraction of sp³-hybridized carbons (Fsp3) is 0.100. The van der Waals surface area contributed by atoms with Gasteiger partial charge >= 0.3 is 73.8 Å². The Morgan fingerprint density at radius 3 is 3.00 bits per heavy atom. The van der Waals surface area contributed by atoms with Gasteiger partial charge in [0.15, 0.2) is 0 Å². The van der Waals surface area contributed by atoms with Crippen molar-refractivity contribution in [1.29, 1.82) is 0 Å². The standard InChI is InChI=1S/C10H9B2/c1-2-7-12-10(5-1)9-4-3-6-11-8-9/h1-6,8H,7H2. The minimum atomic E-state index is 1.06. The van der Waals surface area contributed by atoms with Gasteiger partial charge in [-0.3, -0.25) is 0 Å². The van der Waals surface area contributed by atoms with Crippen LogP contribution in [0.5, 0.6) is 0 Å². The Labute approximate surface area is 74.5 Å². The summed E-state index contributed by atoms with van der Waals surface area (Å²) in [6.07, 6.45) is 7.48. The van der Waals surface area contributed by atoms with E-state index in [1.54, 1.807) is 0 Å². The molecule has 0 fully saturated rings. The molecule has 0 bridgehead atoms. The van der Waals surface area contributed by atoms with Gasteiger partial charge in [-0.2, -0.15) is 0 Å². The van der Waals surface area contributed by atoms with Crippen molar-refractivity contribution in [2.45, 2.75) is 6.32 Å². The third-order valence-corrected chi connectivity index (χ3v) is 1.99. The van der Waals surface area contributed by atoms with E-state index < -0.39 is 0 Å². The van der Waals surface area contributed by atoms with E-state index in [0.717, 1.165) is 6.32 Å². The summed E-state index contributed by atoms with van der Waals surface area (Å²) in [4.78, 5) is 0. The fourth-order valence-electron chi connectivity index (χ4n) is 1.36. The quantitative estimate of drug-likeness (QED) is 0.538. The van der Waals surface area contributed by atoms with Crippen molar-refractivity contribution in [1.82, 2.24) is 0 Å². The molecule has 2 heterocycles. The van der Waals surface area contributed by atoms with Gasteiger partial charge in [0.2, 0.25) is 0 Å². The van der Waals surface area contributed by atoms with Gasteiger partial charge in [0.25, 0.3) is 0 Å². The van der Waals surface area contributed by atoms with Gasteiger partial charge < -0.3 is 0 Å². The van der Waals surface area contributed by atoms with Crippen LogP contribution in [0.3, 0.4) is 0 Å². The molecule has 55 valence electrons. The minimum absolute atomic E-state index is 1.06. The monoisotopic (exact) mass is 151 g/mol. The average Bonchev–Trinajstić information content (AvgIpc) is 2.21. The van der Waals surface area contributed by atoms with E-state index >= 15 is 0 Å². The predicted molar refractivity (Wildman–Crippen MR) is 55.5 cm³/mol. The number of hydrogen-bond acceptors (Lipinski definition) is 0. The molecule has 0 saturated carbocycles. The zero-order valence-electron chi connectivity index (χ0n) is 6.90. The van der Waals surface area contributed by atoms with Crippen molar-refractivity contribution in [3.05, 3.63) is 47.8 Å². The SMILES string of the molecule is [B]1CC=CC=C1c1cbccc1. The number of allylic oxidation sites excluding steroid dienone is 3. The van der Waals surface area contributed by atoms with Gasteiger partial charge in [-0.05, 0) is 0 Å². The molecule has 0 N–H and O–H groups in total. The van der Waals surface area contributed by atoms with E-state index in [1.165, 1.54) is 11.0 Å². The van der Waals surface area contributed by atoms with E-state index in [9.17, 15) is 0 Å². The topological polar surface area (TPSA) is 0 Å². The molecule has 0 saturated heterocycles. The van der Waals surface area contributed by atoms with Crippen LogP contribution in [0.25, 0.3) is 5.47 Å². The van der Waals surface area contributed by atoms with E-state index in [2.05, 4.69) is 50.5 Å². The molecular weight excluding hydrogens is 142 g/mol. The Kier molecular flexibility index (Phi) is 2.26. The Hall–Kier alpha value is -1.04. The maximum atomic E-state index is 2.25. The normalized spacial score (nSPS) is 14.8. The van der Waals surface area contributed by atoms with Crippen molar-refractivity contribution < 1.29 is 0 Å². The molecule has 12 heavy (non-hydrogen) atoms. The Balaban J connectivity index is 2.31. The molecule has 0 spiro atoms. The van der Waals surface area contributed by atoms with Crippen LogP contribution in [0.1, 0.15) is 5.56 Å². The third kappa shape index (κ3) is 1.58. The van der Waals surface area contributed by atoms with Crippen molar-refractivity contribution in [2.75, 3.05) is 0 Å². The maximum absolute atomic E-state index is 2.25. The average molecular weight is 151 g/mol. The van der Waals surface area contributed by atoms with Crippen LogP contribution in [-0.2, 0) is 0 Å². The van der Waals surface area contributed by atoms with Gasteiger partial charge in [0, 0.05) is 0 Å². The molecule has 1 aliphatic heterocycles. The summed E-state index contributed by atoms with van der Waals surface area (Å²) in [5.41, 5.74) is 2.64. The van der Waals surface area contributed by atoms with Crippen LogP contribution in [0, 0.1) is 0 Å². The van der Waals surface area contributed by atoms with Gasteiger partial charge in [0.05, 0.1) is 0 Å². The van der Waals surface area contributed by atoms with Crippen LogP contribution < -0.4 is 0 Å². The summed E-state index contributed by atoms with van der Waals surface area (Å²) in [6.45, 7) is 2.07. The molecule has 0 amide bonds. The summed E-state index contributed by atoms with van der Waals surface area (Å²) in [5, 5.41) is 0. The summed E-state index contributed by atoms with van der Waals surface area (Å²) in [5.74, 6) is 4.18. The first kappa shape index (κ1) is 7.60. The molecule has 2 rings (SSSR count). The first-order valence-electron chi connectivity index (χ1n) is 4.22. The second-order valence-corrected chi connectivity index (χ2v) is 2.86. The van der Waals surface area contributed by atoms with E-state index in [1.807, 2.05) is 5.96 Å². The summed E-state index contributed by atoms with van der Waals surface area (Å²) < 4.78 is 0. The summed E-state index contributed by atoms with van der Waals surface area (Å²) >= 11 is 0. The van der Waals surface area contributed by atoms with Crippen molar-refractivity contribution >= 4 is 19.7 Å². The molecule has 0 aliphatic carbocycles. The van der Waals surface area contributed by atoms with Gasteiger partial charge in [-0.25, -0.2) is 0 Å². The molecule has 1 aromatic rings. The predicted octanol–water partition coefficient (Wildman–Crippen LogP) is 2.06. The second kappa shape index (κ2) is 3.57. The molecule has 0 atom stereocenters. The van der Waals surface area contributed by atoms with Gasteiger partial charge in [0.1, 0.15) is 0 Å².